The third-order valence-corrected chi connectivity index (χ3v) is 3.27. The minimum atomic E-state index is -0.854. The van der Waals surface area contributed by atoms with Crippen LogP contribution in [0.25, 0.3) is 0 Å². The zero-order valence-electron chi connectivity index (χ0n) is 9.90. The normalized spacial score (nSPS) is 11.9. The first-order valence-corrected chi connectivity index (χ1v) is 7.36. The summed E-state index contributed by atoms with van der Waals surface area (Å²) in [5, 5.41) is 2.91. The van der Waals surface area contributed by atoms with E-state index in [9.17, 15) is 9.00 Å². The predicted molar refractivity (Wildman–Crippen MR) is 72.9 cm³/mol. The zero-order valence-corrected chi connectivity index (χ0v) is 11.5. The monoisotopic (exact) mass is 290 g/mol. The second-order valence-electron chi connectivity index (χ2n) is 3.56. The van der Waals surface area contributed by atoms with Crippen molar-refractivity contribution in [3.05, 3.63) is 22.8 Å². The predicted octanol–water partition coefficient (Wildman–Crippen LogP) is 0.519. The summed E-state index contributed by atoms with van der Waals surface area (Å²) in [5.74, 6) is 5.73. The molecule has 0 aliphatic carbocycles. The van der Waals surface area contributed by atoms with E-state index in [2.05, 4.69) is 15.7 Å². The highest BCUT2D eigenvalue weighted by Gasteiger charge is 2.12. The molecule has 1 amide bonds. The number of carbonyl (C=O) groups is 1. The molecule has 1 heterocycles. The molecule has 0 bridgehead atoms. The number of anilines is 1. The lowest BCUT2D eigenvalue weighted by molar-refractivity contribution is 0.0949. The quantitative estimate of drug-likeness (QED) is 0.403. The number of hydrogen-bond acceptors (Lipinski definition) is 5. The van der Waals surface area contributed by atoms with Crippen LogP contribution in [0.1, 0.15) is 16.9 Å². The first-order chi connectivity index (χ1) is 8.54. The fourth-order valence-corrected chi connectivity index (χ4v) is 1.98. The van der Waals surface area contributed by atoms with Crippen molar-refractivity contribution >= 4 is 34.1 Å². The van der Waals surface area contributed by atoms with Crippen molar-refractivity contribution in [2.45, 2.75) is 6.42 Å². The molecule has 0 saturated heterocycles. The Morgan fingerprint density at radius 1 is 1.56 bits per heavy atom. The number of nitrogen functional groups attached to an aromatic ring is 1. The Labute approximate surface area is 113 Å². The minimum absolute atomic E-state index is 0.115. The molecule has 6 nitrogen and oxygen atoms in total. The topological polar surface area (TPSA) is 97.1 Å². The van der Waals surface area contributed by atoms with Gasteiger partial charge in [0.1, 0.15) is 11.5 Å². The molecule has 0 saturated carbocycles. The van der Waals surface area contributed by atoms with Gasteiger partial charge in [0.25, 0.3) is 5.91 Å². The number of hydrogen-bond donors (Lipinski definition) is 3. The zero-order chi connectivity index (χ0) is 13.5. The Morgan fingerprint density at radius 3 is 2.89 bits per heavy atom. The number of halogens is 1. The van der Waals surface area contributed by atoms with E-state index in [1.807, 2.05) is 0 Å². The summed E-state index contributed by atoms with van der Waals surface area (Å²) in [6.07, 6.45) is 2.26. The summed E-state index contributed by atoms with van der Waals surface area (Å²) >= 11 is 5.87. The smallest absolute Gasteiger partial charge is 0.271 e. The third-order valence-electron chi connectivity index (χ3n) is 2.10. The van der Waals surface area contributed by atoms with E-state index in [-0.39, 0.29) is 16.6 Å². The number of rotatable bonds is 6. The first-order valence-electron chi connectivity index (χ1n) is 5.26. The summed E-state index contributed by atoms with van der Waals surface area (Å²) < 4.78 is 10.8. The maximum Gasteiger partial charge on any atom is 0.271 e. The van der Waals surface area contributed by atoms with Gasteiger partial charge < -0.3 is 10.7 Å². The number of nitrogens with zero attached hydrogens (tertiary/aromatic N) is 1. The molecule has 1 atom stereocenters. The SMILES string of the molecule is CS(=O)CCCNC(=O)c1nc(NN)ccc1Cl. The van der Waals surface area contributed by atoms with E-state index in [4.69, 9.17) is 17.4 Å². The molecule has 0 spiro atoms. The Morgan fingerprint density at radius 2 is 2.28 bits per heavy atom. The standard InChI is InChI=1S/C10H15ClN4O2S/c1-18(17)6-2-5-13-10(16)9-7(11)3-4-8(14-9)15-12/h3-4H,2,5-6,12H2,1H3,(H,13,16)(H,14,15). The fraction of sp³-hybridized carbons (Fsp3) is 0.400. The van der Waals surface area contributed by atoms with Gasteiger partial charge in [-0.3, -0.25) is 9.00 Å². The molecule has 0 aromatic carbocycles. The second-order valence-corrected chi connectivity index (χ2v) is 5.52. The van der Waals surface area contributed by atoms with Gasteiger partial charge in [0.15, 0.2) is 0 Å². The van der Waals surface area contributed by atoms with Gasteiger partial charge in [-0.2, -0.15) is 0 Å². The fourth-order valence-electron chi connectivity index (χ4n) is 1.24. The molecule has 8 heteroatoms. The first kappa shape index (κ1) is 14.9. The van der Waals surface area contributed by atoms with Crippen LogP contribution >= 0.6 is 11.6 Å². The van der Waals surface area contributed by atoms with Crippen LogP contribution in [0.3, 0.4) is 0 Å². The van der Waals surface area contributed by atoms with Gasteiger partial charge >= 0.3 is 0 Å². The Kier molecular flexibility index (Phi) is 6.03. The molecule has 1 unspecified atom stereocenters. The van der Waals surface area contributed by atoms with Crippen molar-refractivity contribution in [2.24, 2.45) is 5.84 Å². The Balaban J connectivity index is 2.58. The molecule has 1 aromatic heterocycles. The van der Waals surface area contributed by atoms with Gasteiger partial charge in [-0.15, -0.1) is 0 Å². The average molecular weight is 291 g/mol. The van der Waals surface area contributed by atoms with Crippen molar-refractivity contribution in [3.8, 4) is 0 Å². The number of aromatic nitrogens is 1. The summed E-state index contributed by atoms with van der Waals surface area (Å²) in [4.78, 5) is 15.7. The van der Waals surface area contributed by atoms with E-state index >= 15 is 0 Å². The summed E-state index contributed by atoms with van der Waals surface area (Å²) in [5.41, 5.74) is 2.46. The highest BCUT2D eigenvalue weighted by molar-refractivity contribution is 7.84. The molecular weight excluding hydrogens is 276 g/mol. The molecule has 1 aromatic rings. The number of nitrogens with one attached hydrogen (secondary N) is 2. The van der Waals surface area contributed by atoms with Crippen molar-refractivity contribution in [1.29, 1.82) is 0 Å². The summed E-state index contributed by atoms with van der Waals surface area (Å²) in [7, 11) is -0.854. The molecular formula is C10H15ClN4O2S. The number of nitrogens with two attached hydrogens (primary N) is 1. The van der Waals surface area contributed by atoms with Gasteiger partial charge in [0.05, 0.1) is 5.02 Å². The highest BCUT2D eigenvalue weighted by Crippen LogP contribution is 2.15. The van der Waals surface area contributed by atoms with E-state index in [0.29, 0.717) is 24.5 Å². The van der Waals surface area contributed by atoms with E-state index in [1.54, 1.807) is 18.4 Å². The lowest BCUT2D eigenvalue weighted by Gasteiger charge is -2.07. The molecule has 0 aliphatic rings. The molecule has 18 heavy (non-hydrogen) atoms. The van der Waals surface area contributed by atoms with Crippen LogP contribution in [0.2, 0.25) is 5.02 Å². The molecule has 0 fully saturated rings. The highest BCUT2D eigenvalue weighted by atomic mass is 35.5. The van der Waals surface area contributed by atoms with Gasteiger partial charge in [-0.05, 0) is 18.6 Å². The lowest BCUT2D eigenvalue weighted by atomic mass is 10.3. The number of amides is 1. The maximum atomic E-state index is 11.8. The third kappa shape index (κ3) is 4.59. The van der Waals surface area contributed by atoms with Crippen LogP contribution in [0, 0.1) is 0 Å². The van der Waals surface area contributed by atoms with Crippen LogP contribution in [0.15, 0.2) is 12.1 Å². The van der Waals surface area contributed by atoms with Crippen LogP contribution in [0.5, 0.6) is 0 Å². The summed E-state index contributed by atoms with van der Waals surface area (Å²) in [6, 6.07) is 3.11. The van der Waals surface area contributed by atoms with Crippen LogP contribution in [-0.2, 0) is 10.8 Å². The van der Waals surface area contributed by atoms with Crippen molar-refractivity contribution < 1.29 is 9.00 Å². The largest absolute Gasteiger partial charge is 0.351 e. The van der Waals surface area contributed by atoms with E-state index in [1.165, 1.54) is 0 Å². The van der Waals surface area contributed by atoms with Crippen molar-refractivity contribution in [3.63, 3.8) is 0 Å². The molecule has 1 rings (SSSR count). The van der Waals surface area contributed by atoms with Gasteiger partial charge in [-0.1, -0.05) is 11.6 Å². The van der Waals surface area contributed by atoms with Gasteiger partial charge in [-0.25, -0.2) is 10.8 Å². The van der Waals surface area contributed by atoms with Crippen LogP contribution < -0.4 is 16.6 Å². The van der Waals surface area contributed by atoms with Crippen molar-refractivity contribution in [1.82, 2.24) is 10.3 Å². The number of hydrazine groups is 1. The summed E-state index contributed by atoms with van der Waals surface area (Å²) in [6.45, 7) is 0.427. The molecule has 100 valence electrons. The molecule has 0 aliphatic heterocycles. The average Bonchev–Trinajstić information content (AvgIpc) is 2.34. The van der Waals surface area contributed by atoms with Gasteiger partial charge in [0, 0.05) is 29.4 Å². The number of pyridine rings is 1. The maximum absolute atomic E-state index is 11.8. The van der Waals surface area contributed by atoms with E-state index in [0.717, 1.165) is 0 Å². The minimum Gasteiger partial charge on any atom is -0.351 e. The lowest BCUT2D eigenvalue weighted by Crippen LogP contribution is -2.27. The molecule has 0 radical (unpaired) electrons. The number of carbonyl (C=O) groups excluding carboxylic acids is 1. The Hall–Kier alpha value is -1.18. The Bertz CT molecular complexity index is 456. The van der Waals surface area contributed by atoms with Gasteiger partial charge in [0.2, 0.25) is 0 Å². The van der Waals surface area contributed by atoms with Crippen molar-refractivity contribution in [2.75, 3.05) is 24.0 Å². The van der Waals surface area contributed by atoms with Crippen LogP contribution in [0.4, 0.5) is 5.82 Å². The second kappa shape index (κ2) is 7.30. The van der Waals surface area contributed by atoms with E-state index < -0.39 is 10.8 Å². The van der Waals surface area contributed by atoms with Crippen LogP contribution in [-0.4, -0.2) is 33.7 Å². The molecule has 4 N–H and O–H groups in total.